The third kappa shape index (κ3) is 5.26. The van der Waals surface area contributed by atoms with Crippen LogP contribution in [0.25, 0.3) is 21.8 Å². The molecule has 188 valence electrons. The number of primary amides is 1. The number of carbonyl (C=O) groups excluding carboxylic acids is 2. The Morgan fingerprint density at radius 3 is 2.61 bits per heavy atom. The predicted octanol–water partition coefficient (Wildman–Crippen LogP) is 4.38. The second-order valence-electron chi connectivity index (χ2n) is 8.36. The molecule has 2 amide bonds. The molecule has 2 aromatic heterocycles. The van der Waals surface area contributed by atoms with Crippen molar-refractivity contribution in [2.24, 2.45) is 5.73 Å². The summed E-state index contributed by atoms with van der Waals surface area (Å²) in [6, 6.07) is 12.2. The maximum atomic E-state index is 12.7. The number of pyridine rings is 1. The van der Waals surface area contributed by atoms with Crippen LogP contribution in [0.2, 0.25) is 0 Å². The fourth-order valence-corrected chi connectivity index (χ4v) is 4.21. The van der Waals surface area contributed by atoms with Gasteiger partial charge in [0.05, 0.1) is 23.7 Å². The van der Waals surface area contributed by atoms with Crippen LogP contribution in [-0.2, 0) is 0 Å². The molecular formula is C27H31N5O4. The highest BCUT2D eigenvalue weighted by molar-refractivity contribution is 6.01. The molecule has 0 spiro atoms. The monoisotopic (exact) mass is 489 g/mol. The quantitative estimate of drug-likeness (QED) is 0.320. The molecule has 0 radical (unpaired) electrons. The first kappa shape index (κ1) is 25.0. The zero-order valence-electron chi connectivity index (χ0n) is 20.8. The molecule has 2 heterocycles. The Morgan fingerprint density at radius 1 is 1.08 bits per heavy atom. The summed E-state index contributed by atoms with van der Waals surface area (Å²) in [6.07, 6.45) is 4.27. The second kappa shape index (κ2) is 11.1. The lowest BCUT2D eigenvalue weighted by Crippen LogP contribution is -2.32. The van der Waals surface area contributed by atoms with Crippen LogP contribution in [0.5, 0.6) is 17.2 Å². The van der Waals surface area contributed by atoms with Crippen molar-refractivity contribution in [3.8, 4) is 17.2 Å². The lowest BCUT2D eigenvalue weighted by molar-refractivity contribution is 0.0997. The minimum absolute atomic E-state index is 0.161. The van der Waals surface area contributed by atoms with E-state index in [1.807, 2.05) is 18.2 Å². The van der Waals surface area contributed by atoms with E-state index in [9.17, 15) is 9.59 Å². The van der Waals surface area contributed by atoms with Gasteiger partial charge in [0.25, 0.3) is 5.91 Å². The molecule has 2 aromatic carbocycles. The third-order valence-corrected chi connectivity index (χ3v) is 6.22. The molecule has 0 aliphatic carbocycles. The summed E-state index contributed by atoms with van der Waals surface area (Å²) in [4.78, 5) is 31.3. The summed E-state index contributed by atoms with van der Waals surface area (Å²) in [5.74, 6) is 0.866. The molecule has 3 N–H and O–H groups in total. The highest BCUT2D eigenvalue weighted by Gasteiger charge is 2.15. The summed E-state index contributed by atoms with van der Waals surface area (Å²) in [5.41, 5.74) is 7.16. The van der Waals surface area contributed by atoms with Crippen LogP contribution in [-0.4, -0.2) is 59.7 Å². The van der Waals surface area contributed by atoms with Gasteiger partial charge in [-0.25, -0.2) is 4.79 Å². The van der Waals surface area contributed by atoms with Crippen LogP contribution in [0, 0.1) is 0 Å². The summed E-state index contributed by atoms with van der Waals surface area (Å²) >= 11 is 0. The molecule has 0 atom stereocenters. The number of hydrogen-bond acceptors (Lipinski definition) is 6. The van der Waals surface area contributed by atoms with Gasteiger partial charge in [-0.1, -0.05) is 13.8 Å². The number of rotatable bonds is 10. The molecule has 0 aliphatic rings. The van der Waals surface area contributed by atoms with Gasteiger partial charge in [0.1, 0.15) is 17.2 Å². The van der Waals surface area contributed by atoms with E-state index in [1.54, 1.807) is 41.2 Å². The van der Waals surface area contributed by atoms with Crippen LogP contribution < -0.4 is 20.5 Å². The number of nitrogens with zero attached hydrogens (tertiary/aromatic N) is 3. The molecule has 0 fully saturated rings. The van der Waals surface area contributed by atoms with Gasteiger partial charge in [0.2, 0.25) is 0 Å². The van der Waals surface area contributed by atoms with E-state index in [2.05, 4.69) is 29.0 Å². The number of hydrogen-bond donors (Lipinski definition) is 2. The standard InChI is InChI=1S/C27H31N5O4/c1-4-31(5-2)13-6-11-30-27(34)32-14-10-18-15-19(7-8-23(18)32)36-24-9-12-29-22-17-25(35-3)21(26(28)33)16-20(22)24/h7-10,12,14-17H,4-6,11,13H2,1-3H3,(H2,28,33)(H,30,34). The van der Waals surface area contributed by atoms with Crippen molar-refractivity contribution in [1.29, 1.82) is 0 Å². The SMILES string of the molecule is CCN(CC)CCCNC(=O)n1ccc2cc(Oc3ccnc4cc(OC)c(C(N)=O)cc34)ccc21. The van der Waals surface area contributed by atoms with Crippen molar-refractivity contribution < 1.29 is 19.1 Å². The van der Waals surface area contributed by atoms with Gasteiger partial charge in [-0.2, -0.15) is 0 Å². The third-order valence-electron chi connectivity index (χ3n) is 6.22. The molecule has 0 saturated heterocycles. The fraction of sp³-hybridized carbons (Fsp3) is 0.296. The lowest BCUT2D eigenvalue weighted by atomic mass is 10.1. The van der Waals surface area contributed by atoms with Crippen molar-refractivity contribution in [2.75, 3.05) is 33.3 Å². The number of nitrogens with one attached hydrogen (secondary N) is 1. The van der Waals surface area contributed by atoms with Gasteiger partial charge < -0.3 is 25.4 Å². The molecule has 36 heavy (non-hydrogen) atoms. The Balaban J connectivity index is 1.52. The molecule has 0 saturated carbocycles. The molecule has 0 bridgehead atoms. The van der Waals surface area contributed by atoms with Gasteiger partial charge in [0.15, 0.2) is 0 Å². The maximum Gasteiger partial charge on any atom is 0.326 e. The summed E-state index contributed by atoms with van der Waals surface area (Å²) in [5, 5.41) is 4.49. The van der Waals surface area contributed by atoms with E-state index in [0.717, 1.165) is 37.0 Å². The van der Waals surface area contributed by atoms with Crippen LogP contribution >= 0.6 is 0 Å². The van der Waals surface area contributed by atoms with Gasteiger partial charge in [-0.15, -0.1) is 0 Å². The van der Waals surface area contributed by atoms with E-state index in [0.29, 0.717) is 34.7 Å². The number of amides is 2. The Hall–Kier alpha value is -4.11. The highest BCUT2D eigenvalue weighted by Crippen LogP contribution is 2.34. The first-order chi connectivity index (χ1) is 17.4. The molecule has 0 unspecified atom stereocenters. The van der Waals surface area contributed by atoms with Crippen LogP contribution in [0.1, 0.15) is 30.6 Å². The first-order valence-corrected chi connectivity index (χ1v) is 12.0. The number of fused-ring (bicyclic) bond motifs is 2. The minimum Gasteiger partial charge on any atom is -0.496 e. The summed E-state index contributed by atoms with van der Waals surface area (Å²) in [7, 11) is 1.47. The predicted molar refractivity (Wildman–Crippen MR) is 140 cm³/mol. The van der Waals surface area contributed by atoms with Crippen LogP contribution in [0.3, 0.4) is 0 Å². The zero-order chi connectivity index (χ0) is 25.7. The van der Waals surface area contributed by atoms with Gasteiger partial charge in [-0.3, -0.25) is 14.3 Å². The molecule has 9 heteroatoms. The minimum atomic E-state index is -0.599. The number of carbonyl (C=O) groups is 2. The fourth-order valence-electron chi connectivity index (χ4n) is 4.21. The van der Waals surface area contributed by atoms with Crippen LogP contribution in [0.4, 0.5) is 4.79 Å². The Kier molecular flexibility index (Phi) is 7.70. The number of methoxy groups -OCH3 is 1. The van der Waals surface area contributed by atoms with Crippen molar-refractivity contribution >= 4 is 33.7 Å². The number of ether oxygens (including phenoxy) is 2. The molecular weight excluding hydrogens is 458 g/mol. The number of aromatic nitrogens is 2. The van der Waals surface area contributed by atoms with E-state index >= 15 is 0 Å². The van der Waals surface area contributed by atoms with Crippen molar-refractivity contribution in [1.82, 2.24) is 19.8 Å². The van der Waals surface area contributed by atoms with Crippen molar-refractivity contribution in [3.63, 3.8) is 0 Å². The van der Waals surface area contributed by atoms with Crippen LogP contribution in [0.15, 0.2) is 54.9 Å². The zero-order valence-corrected chi connectivity index (χ0v) is 20.8. The van der Waals surface area contributed by atoms with Crippen molar-refractivity contribution in [3.05, 3.63) is 60.4 Å². The maximum absolute atomic E-state index is 12.7. The Labute approximate surface area is 209 Å². The molecule has 9 nitrogen and oxygen atoms in total. The van der Waals surface area contributed by atoms with Crippen molar-refractivity contribution in [2.45, 2.75) is 20.3 Å². The van der Waals surface area contributed by atoms with Gasteiger partial charge >= 0.3 is 6.03 Å². The topological polar surface area (TPSA) is 112 Å². The lowest BCUT2D eigenvalue weighted by Gasteiger charge is -2.17. The largest absolute Gasteiger partial charge is 0.496 e. The van der Waals surface area contributed by atoms with E-state index in [4.69, 9.17) is 15.2 Å². The average Bonchev–Trinajstić information content (AvgIpc) is 3.31. The Bertz CT molecular complexity index is 1390. The van der Waals surface area contributed by atoms with E-state index in [1.165, 1.54) is 7.11 Å². The number of nitrogens with two attached hydrogens (primary N) is 1. The molecule has 0 aliphatic heterocycles. The van der Waals surface area contributed by atoms with E-state index in [-0.39, 0.29) is 11.6 Å². The molecule has 4 rings (SSSR count). The highest BCUT2D eigenvalue weighted by atomic mass is 16.5. The normalized spacial score (nSPS) is 11.2. The summed E-state index contributed by atoms with van der Waals surface area (Å²) < 4.78 is 13.0. The van der Waals surface area contributed by atoms with E-state index < -0.39 is 5.91 Å². The average molecular weight is 490 g/mol. The van der Waals surface area contributed by atoms with Gasteiger partial charge in [-0.05, 0) is 62.5 Å². The first-order valence-electron chi connectivity index (χ1n) is 12.0. The summed E-state index contributed by atoms with van der Waals surface area (Å²) in [6.45, 7) is 7.86. The second-order valence-corrected chi connectivity index (χ2v) is 8.36. The number of benzene rings is 2. The molecule has 4 aromatic rings. The van der Waals surface area contributed by atoms with Gasteiger partial charge in [0, 0.05) is 35.8 Å². The Morgan fingerprint density at radius 2 is 1.89 bits per heavy atom. The smallest absolute Gasteiger partial charge is 0.326 e.